The van der Waals surface area contributed by atoms with Gasteiger partial charge in [-0.1, -0.05) is 24.3 Å². The molecule has 0 aliphatic heterocycles. The van der Waals surface area contributed by atoms with Gasteiger partial charge in [-0.25, -0.2) is 19.2 Å². The van der Waals surface area contributed by atoms with Gasteiger partial charge in [-0.2, -0.15) is 0 Å². The molecule has 8 nitrogen and oxygen atoms in total. The first-order chi connectivity index (χ1) is 15.4. The molecule has 2 heterocycles. The minimum absolute atomic E-state index is 0.0867. The molecule has 0 unspecified atom stereocenters. The molecule has 0 saturated carbocycles. The predicted octanol–water partition coefficient (Wildman–Crippen LogP) is 2.85. The Morgan fingerprint density at radius 1 is 0.500 bits per heavy atom. The van der Waals surface area contributed by atoms with E-state index in [4.69, 9.17) is 18.3 Å². The molecule has 0 saturated heterocycles. The normalized spacial score (nSPS) is 11.3. The van der Waals surface area contributed by atoms with Gasteiger partial charge in [0.25, 0.3) is 0 Å². The van der Waals surface area contributed by atoms with E-state index in [1.807, 2.05) is 0 Å². The fourth-order valence-corrected chi connectivity index (χ4v) is 4.03. The molecular weight excluding hydrogens is 416 g/mol. The van der Waals surface area contributed by atoms with Crippen LogP contribution in [0, 0.1) is 0 Å². The van der Waals surface area contributed by atoms with Crippen molar-refractivity contribution in [2.75, 3.05) is 14.2 Å². The Morgan fingerprint density at radius 2 is 0.781 bits per heavy atom. The zero-order chi connectivity index (χ0) is 22.6. The number of furan rings is 2. The number of rotatable bonds is 4. The summed E-state index contributed by atoms with van der Waals surface area (Å²) in [5.74, 6) is 1.10. The highest BCUT2D eigenvalue weighted by Crippen LogP contribution is 2.40. The summed E-state index contributed by atoms with van der Waals surface area (Å²) in [5, 5.41) is -0.347. The Hall–Kier alpha value is -4.46. The van der Waals surface area contributed by atoms with Gasteiger partial charge in [0.15, 0.2) is 0 Å². The molecule has 8 heteroatoms. The maximum Gasteiger partial charge on any atom is 0.347 e. The van der Waals surface area contributed by atoms with Crippen LogP contribution in [0.25, 0.3) is 43.8 Å². The Kier molecular flexibility index (Phi) is 4.30. The van der Waals surface area contributed by atoms with Crippen molar-refractivity contribution in [1.82, 2.24) is 0 Å². The highest BCUT2D eigenvalue weighted by atomic mass is 16.5. The molecule has 3 aromatic carbocycles. The first kappa shape index (κ1) is 19.5. The fraction of sp³-hybridized carbons (Fsp3) is 0.0833. The number of benzene rings is 3. The van der Waals surface area contributed by atoms with E-state index in [9.17, 15) is 19.2 Å². The second kappa shape index (κ2) is 7.05. The molecule has 2 aromatic heterocycles. The van der Waals surface area contributed by atoms with Crippen LogP contribution < -0.4 is 32.0 Å². The highest BCUT2D eigenvalue weighted by Gasteiger charge is 2.29. The van der Waals surface area contributed by atoms with Crippen LogP contribution in [-0.4, -0.2) is 14.2 Å². The molecule has 0 N–H and O–H groups in total. The van der Waals surface area contributed by atoms with Crippen LogP contribution in [0.15, 0.2) is 76.5 Å². The summed E-state index contributed by atoms with van der Waals surface area (Å²) in [4.78, 5) is 51.0. The van der Waals surface area contributed by atoms with E-state index < -0.39 is 22.5 Å². The van der Waals surface area contributed by atoms with Gasteiger partial charge in [-0.3, -0.25) is 0 Å². The van der Waals surface area contributed by atoms with Gasteiger partial charge < -0.3 is 18.3 Å². The summed E-state index contributed by atoms with van der Waals surface area (Å²) in [6, 6.07) is 13.0. The van der Waals surface area contributed by atoms with E-state index in [1.165, 1.54) is 14.2 Å². The molecule has 32 heavy (non-hydrogen) atoms. The zero-order valence-electron chi connectivity index (χ0n) is 16.9. The van der Waals surface area contributed by atoms with Gasteiger partial charge in [0, 0.05) is 11.1 Å². The standard InChI is InChI=1S/C24H14O8/c1-29-13-7-3-11(4-8-13)15-17-19(23(27)31-21(17)25)16(12-5-9-14(30-2)10-6-12)20-18(15)22(26)32-24(20)28/h3-10H,1-2H3. The van der Waals surface area contributed by atoms with Gasteiger partial charge in [-0.05, 0) is 35.4 Å². The first-order valence-electron chi connectivity index (χ1n) is 9.50. The Morgan fingerprint density at radius 3 is 1.03 bits per heavy atom. The van der Waals surface area contributed by atoms with Gasteiger partial charge in [0.05, 0.1) is 35.8 Å². The van der Waals surface area contributed by atoms with Crippen molar-refractivity contribution in [3.63, 3.8) is 0 Å². The second-order valence-electron chi connectivity index (χ2n) is 7.06. The van der Waals surface area contributed by atoms with Gasteiger partial charge >= 0.3 is 22.5 Å². The fourth-order valence-electron chi connectivity index (χ4n) is 4.03. The van der Waals surface area contributed by atoms with Crippen LogP contribution in [0.3, 0.4) is 0 Å². The van der Waals surface area contributed by atoms with Crippen LogP contribution in [0.4, 0.5) is 0 Å². The summed E-state index contributed by atoms with van der Waals surface area (Å²) in [7, 11) is 3.00. The molecule has 5 rings (SSSR count). The van der Waals surface area contributed by atoms with E-state index >= 15 is 0 Å². The van der Waals surface area contributed by atoms with Crippen molar-refractivity contribution in [3.05, 3.63) is 90.2 Å². The van der Waals surface area contributed by atoms with Gasteiger partial charge in [0.2, 0.25) is 0 Å². The smallest absolute Gasteiger partial charge is 0.347 e. The van der Waals surface area contributed by atoms with Crippen molar-refractivity contribution in [3.8, 4) is 33.8 Å². The molecule has 0 aliphatic carbocycles. The lowest BCUT2D eigenvalue weighted by Gasteiger charge is -2.10. The average molecular weight is 430 g/mol. The molecule has 0 radical (unpaired) electrons. The third kappa shape index (κ3) is 2.70. The lowest BCUT2D eigenvalue weighted by molar-refractivity contribution is 0.415. The van der Waals surface area contributed by atoms with E-state index in [2.05, 4.69) is 0 Å². The van der Waals surface area contributed by atoms with Crippen LogP contribution in [0.5, 0.6) is 11.5 Å². The largest absolute Gasteiger partial charge is 0.497 e. The SMILES string of the molecule is COc1ccc(-c2c3c(=O)oc(=O)c3c(-c3ccc(OC)cc3)c3c(=O)oc(=O)c23)cc1. The Labute approximate surface area is 178 Å². The molecule has 158 valence electrons. The lowest BCUT2D eigenvalue weighted by atomic mass is 9.89. The summed E-state index contributed by atoms with van der Waals surface area (Å²) < 4.78 is 20.1. The van der Waals surface area contributed by atoms with E-state index in [0.29, 0.717) is 22.6 Å². The third-order valence-corrected chi connectivity index (χ3v) is 5.44. The minimum atomic E-state index is -0.902. The van der Waals surface area contributed by atoms with Crippen LogP contribution in [-0.2, 0) is 0 Å². The van der Waals surface area contributed by atoms with Crippen molar-refractivity contribution < 1.29 is 18.3 Å². The van der Waals surface area contributed by atoms with Gasteiger partial charge in [0.1, 0.15) is 11.5 Å². The summed E-state index contributed by atoms with van der Waals surface area (Å²) in [6.45, 7) is 0. The molecular formula is C24H14O8. The Balaban J connectivity index is 2.03. The summed E-state index contributed by atoms with van der Waals surface area (Å²) >= 11 is 0. The summed E-state index contributed by atoms with van der Waals surface area (Å²) in [6.07, 6.45) is 0. The highest BCUT2D eigenvalue weighted by molar-refractivity contribution is 6.20. The van der Waals surface area contributed by atoms with Crippen LogP contribution in [0.2, 0.25) is 0 Å². The van der Waals surface area contributed by atoms with Crippen LogP contribution >= 0.6 is 0 Å². The Bertz CT molecular complexity index is 1490. The molecule has 0 atom stereocenters. The van der Waals surface area contributed by atoms with Gasteiger partial charge in [-0.15, -0.1) is 0 Å². The second-order valence-corrected chi connectivity index (χ2v) is 7.06. The predicted molar refractivity (Wildman–Crippen MR) is 117 cm³/mol. The van der Waals surface area contributed by atoms with E-state index in [1.54, 1.807) is 48.5 Å². The first-order valence-corrected chi connectivity index (χ1v) is 9.50. The summed E-state index contributed by atoms with van der Waals surface area (Å²) in [5.41, 5.74) is -2.53. The lowest BCUT2D eigenvalue weighted by Crippen LogP contribution is -2.02. The third-order valence-electron chi connectivity index (χ3n) is 5.44. The number of hydrogen-bond donors (Lipinski definition) is 0. The van der Waals surface area contributed by atoms with Crippen molar-refractivity contribution in [1.29, 1.82) is 0 Å². The molecule has 0 bridgehead atoms. The van der Waals surface area contributed by atoms with E-state index in [0.717, 1.165) is 0 Å². The van der Waals surface area contributed by atoms with Crippen molar-refractivity contribution in [2.24, 2.45) is 0 Å². The number of hydrogen-bond acceptors (Lipinski definition) is 8. The average Bonchev–Trinajstić information content (AvgIpc) is 3.27. The quantitative estimate of drug-likeness (QED) is 0.428. The molecule has 0 aliphatic rings. The minimum Gasteiger partial charge on any atom is -0.497 e. The molecule has 0 amide bonds. The van der Waals surface area contributed by atoms with Crippen molar-refractivity contribution >= 4 is 21.5 Å². The molecule has 0 fully saturated rings. The zero-order valence-corrected chi connectivity index (χ0v) is 16.9. The van der Waals surface area contributed by atoms with Crippen molar-refractivity contribution in [2.45, 2.75) is 0 Å². The number of methoxy groups -OCH3 is 2. The maximum absolute atomic E-state index is 12.7. The molecule has 5 aromatic rings. The number of fused-ring (bicyclic) bond motifs is 2. The number of ether oxygens (including phenoxy) is 2. The monoisotopic (exact) mass is 430 g/mol. The molecule has 0 spiro atoms. The maximum atomic E-state index is 12.7. The topological polar surface area (TPSA) is 113 Å². The van der Waals surface area contributed by atoms with Crippen LogP contribution in [0.1, 0.15) is 0 Å². The van der Waals surface area contributed by atoms with E-state index in [-0.39, 0.29) is 32.7 Å².